The van der Waals surface area contributed by atoms with Gasteiger partial charge in [-0.3, -0.25) is 4.98 Å². The van der Waals surface area contributed by atoms with Gasteiger partial charge in [0, 0.05) is 29.6 Å². The second-order valence-electron chi connectivity index (χ2n) is 9.35. The van der Waals surface area contributed by atoms with Crippen LogP contribution < -0.4 is 5.69 Å². The molecule has 3 aromatic heterocycles. The first-order chi connectivity index (χ1) is 16.5. The molecule has 7 nitrogen and oxygen atoms in total. The number of rotatable bonds is 4. The van der Waals surface area contributed by atoms with Gasteiger partial charge in [0.1, 0.15) is 23.0 Å². The van der Waals surface area contributed by atoms with Gasteiger partial charge in [-0.2, -0.15) is 4.98 Å². The summed E-state index contributed by atoms with van der Waals surface area (Å²) in [5.74, 6) is 0.527. The van der Waals surface area contributed by atoms with Crippen molar-refractivity contribution in [3.63, 3.8) is 0 Å². The number of aryl methyl sites for hydroxylation is 1. The van der Waals surface area contributed by atoms with Gasteiger partial charge in [-0.1, -0.05) is 12.1 Å². The molecule has 7 rings (SSSR count). The molecule has 1 atom stereocenters. The van der Waals surface area contributed by atoms with Crippen LogP contribution >= 0.6 is 0 Å². The summed E-state index contributed by atoms with van der Waals surface area (Å²) in [6.07, 6.45) is 4.93. The Balaban J connectivity index is 1.42. The van der Waals surface area contributed by atoms with Crippen LogP contribution in [0.2, 0.25) is 0 Å². The van der Waals surface area contributed by atoms with Gasteiger partial charge in [0.2, 0.25) is 0 Å². The number of fused-ring (bicyclic) bond motifs is 4. The first kappa shape index (κ1) is 21.1. The number of aromatic nitrogens is 5. The van der Waals surface area contributed by atoms with E-state index in [-0.39, 0.29) is 12.4 Å². The maximum atomic E-state index is 15.4. The fourth-order valence-corrected chi connectivity index (χ4v) is 5.49. The third-order valence-electron chi connectivity index (χ3n) is 7.25. The molecule has 0 amide bonds. The van der Waals surface area contributed by atoms with Crippen LogP contribution in [0.1, 0.15) is 35.6 Å². The van der Waals surface area contributed by atoms with Crippen LogP contribution in [0.3, 0.4) is 0 Å². The molecule has 1 aromatic carbocycles. The predicted molar refractivity (Wildman–Crippen MR) is 123 cm³/mol. The van der Waals surface area contributed by atoms with Crippen molar-refractivity contribution in [3.05, 3.63) is 75.6 Å². The van der Waals surface area contributed by atoms with Gasteiger partial charge in [-0.05, 0) is 62.4 Å². The SMILES string of the molecule is Cc1[nH]c(=O)nc2c1nc(-c1cncc(F)c1)n2Cc1ccc(C2CN3CCC2CC3)cc1F. The Labute approximate surface area is 194 Å². The summed E-state index contributed by atoms with van der Waals surface area (Å²) in [5.41, 5.74) is 2.73. The molecular weight excluding hydrogens is 438 g/mol. The third-order valence-corrected chi connectivity index (χ3v) is 7.25. The summed E-state index contributed by atoms with van der Waals surface area (Å²) in [4.78, 5) is 29.8. The van der Waals surface area contributed by atoms with E-state index in [4.69, 9.17) is 0 Å². The molecule has 174 valence electrons. The molecule has 0 spiro atoms. The fraction of sp³-hybridized carbons (Fsp3) is 0.360. The highest BCUT2D eigenvalue weighted by atomic mass is 19.1. The molecule has 34 heavy (non-hydrogen) atoms. The van der Waals surface area contributed by atoms with E-state index >= 15 is 4.39 Å². The number of halogens is 2. The van der Waals surface area contributed by atoms with E-state index in [0.29, 0.717) is 45.6 Å². The van der Waals surface area contributed by atoms with Gasteiger partial charge in [-0.25, -0.2) is 18.6 Å². The molecule has 0 radical (unpaired) electrons. The lowest BCUT2D eigenvalue weighted by molar-refractivity contribution is 0.0870. The number of hydrogen-bond donors (Lipinski definition) is 1. The minimum atomic E-state index is -0.520. The van der Waals surface area contributed by atoms with Crippen LogP contribution in [-0.2, 0) is 6.54 Å². The van der Waals surface area contributed by atoms with Crippen molar-refractivity contribution in [1.82, 2.24) is 29.4 Å². The number of imidazole rings is 1. The summed E-state index contributed by atoms with van der Waals surface area (Å²) < 4.78 is 31.0. The molecule has 0 aliphatic carbocycles. The quantitative estimate of drug-likeness (QED) is 0.501. The maximum absolute atomic E-state index is 15.4. The van der Waals surface area contributed by atoms with Crippen molar-refractivity contribution in [1.29, 1.82) is 0 Å². The van der Waals surface area contributed by atoms with E-state index in [1.807, 2.05) is 12.1 Å². The van der Waals surface area contributed by atoms with Crippen LogP contribution in [0.15, 0.2) is 41.5 Å². The lowest BCUT2D eigenvalue weighted by atomic mass is 9.75. The number of benzene rings is 1. The average molecular weight is 463 g/mol. The molecule has 3 saturated heterocycles. The number of nitrogens with zero attached hydrogens (tertiary/aromatic N) is 5. The molecule has 9 heteroatoms. The van der Waals surface area contributed by atoms with Crippen molar-refractivity contribution in [2.24, 2.45) is 5.92 Å². The van der Waals surface area contributed by atoms with E-state index in [1.54, 1.807) is 17.6 Å². The number of hydrogen-bond acceptors (Lipinski definition) is 5. The second-order valence-corrected chi connectivity index (χ2v) is 9.35. The van der Waals surface area contributed by atoms with Gasteiger partial charge in [0.15, 0.2) is 5.65 Å². The average Bonchev–Trinajstić information content (AvgIpc) is 3.19. The zero-order chi connectivity index (χ0) is 23.4. The number of piperidine rings is 3. The maximum Gasteiger partial charge on any atom is 0.347 e. The first-order valence-electron chi connectivity index (χ1n) is 11.5. The Morgan fingerprint density at radius 1 is 1.12 bits per heavy atom. The highest BCUT2D eigenvalue weighted by molar-refractivity contribution is 5.78. The summed E-state index contributed by atoms with van der Waals surface area (Å²) in [6, 6.07) is 6.78. The van der Waals surface area contributed by atoms with Gasteiger partial charge in [0.25, 0.3) is 0 Å². The van der Waals surface area contributed by atoms with Crippen LogP contribution in [0.4, 0.5) is 8.78 Å². The third kappa shape index (κ3) is 3.60. The highest BCUT2D eigenvalue weighted by Crippen LogP contribution is 2.39. The number of H-pyrrole nitrogens is 1. The number of aromatic amines is 1. The van der Waals surface area contributed by atoms with E-state index in [9.17, 15) is 9.18 Å². The van der Waals surface area contributed by atoms with Gasteiger partial charge in [-0.15, -0.1) is 0 Å². The largest absolute Gasteiger partial charge is 0.347 e. The Hall–Kier alpha value is -3.46. The van der Waals surface area contributed by atoms with Crippen LogP contribution in [0.25, 0.3) is 22.6 Å². The molecule has 3 fully saturated rings. The molecule has 6 heterocycles. The smallest absolute Gasteiger partial charge is 0.308 e. The predicted octanol–water partition coefficient (Wildman–Crippen LogP) is 3.63. The van der Waals surface area contributed by atoms with E-state index in [2.05, 4.69) is 24.8 Å². The summed E-state index contributed by atoms with van der Waals surface area (Å²) in [7, 11) is 0. The summed E-state index contributed by atoms with van der Waals surface area (Å²) in [6.45, 7) is 5.08. The zero-order valence-electron chi connectivity index (χ0n) is 18.8. The molecule has 3 aliphatic heterocycles. The Kier molecular flexibility index (Phi) is 5.02. The van der Waals surface area contributed by atoms with E-state index in [0.717, 1.165) is 31.4 Å². The first-order valence-corrected chi connectivity index (χ1v) is 11.5. The topological polar surface area (TPSA) is 79.7 Å². The molecular formula is C25H24F2N6O. The van der Waals surface area contributed by atoms with Gasteiger partial charge < -0.3 is 14.5 Å². The van der Waals surface area contributed by atoms with E-state index in [1.165, 1.54) is 25.1 Å². The van der Waals surface area contributed by atoms with Crippen molar-refractivity contribution in [2.75, 3.05) is 19.6 Å². The minimum absolute atomic E-state index is 0.102. The molecule has 1 unspecified atom stereocenters. The van der Waals surface area contributed by atoms with Gasteiger partial charge in [0.05, 0.1) is 12.7 Å². The molecule has 3 aliphatic rings. The summed E-state index contributed by atoms with van der Waals surface area (Å²) >= 11 is 0. The molecule has 0 saturated carbocycles. The Morgan fingerprint density at radius 2 is 1.94 bits per heavy atom. The van der Waals surface area contributed by atoms with Crippen LogP contribution in [-0.4, -0.2) is 49.0 Å². The Morgan fingerprint density at radius 3 is 2.65 bits per heavy atom. The number of pyridine rings is 1. The fourth-order valence-electron chi connectivity index (χ4n) is 5.49. The zero-order valence-corrected chi connectivity index (χ0v) is 18.8. The normalized spacial score (nSPS) is 21.9. The van der Waals surface area contributed by atoms with Gasteiger partial charge >= 0.3 is 5.69 Å². The van der Waals surface area contributed by atoms with Crippen LogP contribution in [0.5, 0.6) is 0 Å². The highest BCUT2D eigenvalue weighted by Gasteiger charge is 2.35. The second kappa shape index (κ2) is 8.09. The number of nitrogens with one attached hydrogen (secondary N) is 1. The lowest BCUT2D eigenvalue weighted by Gasteiger charge is -2.45. The lowest BCUT2D eigenvalue weighted by Crippen LogP contribution is -2.46. The molecule has 4 aromatic rings. The van der Waals surface area contributed by atoms with Crippen molar-refractivity contribution >= 4 is 11.2 Å². The summed E-state index contributed by atoms with van der Waals surface area (Å²) in [5, 5.41) is 0. The van der Waals surface area contributed by atoms with E-state index < -0.39 is 11.5 Å². The molecule has 2 bridgehead atoms. The van der Waals surface area contributed by atoms with Crippen molar-refractivity contribution in [3.8, 4) is 11.4 Å². The Bertz CT molecular complexity index is 1450. The van der Waals surface area contributed by atoms with Crippen molar-refractivity contribution < 1.29 is 8.78 Å². The molecule has 1 N–H and O–H groups in total. The van der Waals surface area contributed by atoms with Crippen LogP contribution in [0, 0.1) is 24.5 Å². The van der Waals surface area contributed by atoms with Crippen molar-refractivity contribution in [2.45, 2.75) is 32.2 Å². The monoisotopic (exact) mass is 462 g/mol. The minimum Gasteiger partial charge on any atom is -0.308 e. The standard InChI is InChI=1S/C25H24F2N6O/c1-14-22-24(31-25(34)29-14)33(23(30-22)18-8-19(26)11-28-10-18)12-17-3-2-16(9-21(17)27)20-13-32-6-4-15(20)5-7-32/h2-3,8-11,15,20H,4-7,12-13H2,1H3,(H,29,31,34).